The number of anilines is 1. The van der Waals surface area contributed by atoms with E-state index in [0.717, 1.165) is 79.1 Å². The summed E-state index contributed by atoms with van der Waals surface area (Å²) < 4.78 is 21.3. The molecule has 15 aromatic rings. The molecule has 0 unspecified atom stereocenters. The SMILES string of the molecule is Nc1cccc(-c2cn3c(O)c(Cc4ccco4)nc3c(Cc3ccccc3)n2)c1.Oc1c(Cc2ccco2)nc2c(-c3ccccc3)nc(-c3ccccc3)cn12.Oc1cccc(-c2cn3c(O)c(Cc4ccco4)nc3c(Cc3ccccc3)n2)c1. The lowest BCUT2D eigenvalue weighted by Gasteiger charge is -2.09. The molecule has 88 heavy (non-hydrogen) atoms. The van der Waals surface area contributed by atoms with E-state index < -0.39 is 0 Å². The van der Waals surface area contributed by atoms with Crippen LogP contribution in [0.15, 0.2) is 257 Å². The highest BCUT2D eigenvalue weighted by molar-refractivity contribution is 5.78. The van der Waals surface area contributed by atoms with Gasteiger partial charge < -0.3 is 39.4 Å². The summed E-state index contributed by atoms with van der Waals surface area (Å²) in [7, 11) is 0. The molecule has 0 bridgehead atoms. The quantitative estimate of drug-likeness (QED) is 0.0637. The van der Waals surface area contributed by atoms with E-state index in [0.29, 0.717) is 77.5 Å². The zero-order valence-electron chi connectivity index (χ0n) is 47.2. The Bertz CT molecular complexity index is 4610. The van der Waals surface area contributed by atoms with Crippen molar-refractivity contribution in [3.63, 3.8) is 0 Å². The van der Waals surface area contributed by atoms with Gasteiger partial charge in [0.1, 0.15) is 45.8 Å². The lowest BCUT2D eigenvalue weighted by Crippen LogP contribution is -2.01. The number of hydrogen-bond donors (Lipinski definition) is 5. The van der Waals surface area contributed by atoms with E-state index in [-0.39, 0.29) is 23.4 Å². The molecule has 0 aliphatic rings. The second kappa shape index (κ2) is 24.7. The first-order valence-electron chi connectivity index (χ1n) is 28.4. The van der Waals surface area contributed by atoms with Crippen molar-refractivity contribution in [2.24, 2.45) is 0 Å². The molecule has 0 fully saturated rings. The average Bonchev–Trinajstić information content (AvgIpc) is 2.06. The maximum atomic E-state index is 10.9. The Labute approximate surface area is 503 Å². The van der Waals surface area contributed by atoms with Crippen LogP contribution >= 0.6 is 0 Å². The number of hydrogen-bond acceptors (Lipinski definition) is 14. The molecule has 0 atom stereocenters. The van der Waals surface area contributed by atoms with E-state index in [9.17, 15) is 20.4 Å². The van der Waals surface area contributed by atoms with Crippen LogP contribution < -0.4 is 5.73 Å². The predicted molar refractivity (Wildman–Crippen MR) is 335 cm³/mol. The molecule has 0 amide bonds. The summed E-state index contributed by atoms with van der Waals surface area (Å²) in [4.78, 5) is 28.7. The zero-order valence-corrected chi connectivity index (χ0v) is 47.2. The first-order valence-corrected chi connectivity index (χ1v) is 28.4. The minimum atomic E-state index is 0.0551. The lowest BCUT2D eigenvalue weighted by molar-refractivity contribution is 0.438. The van der Waals surface area contributed by atoms with Crippen LogP contribution in [-0.2, 0) is 32.1 Å². The Morgan fingerprint density at radius 2 is 0.716 bits per heavy atom. The number of nitrogens with two attached hydrogens (primary N) is 1. The third kappa shape index (κ3) is 12.0. The average molecular weight is 1160 g/mol. The van der Waals surface area contributed by atoms with Gasteiger partial charge in [-0.25, -0.2) is 29.9 Å². The minimum Gasteiger partial charge on any atom is -0.508 e. The summed E-state index contributed by atoms with van der Waals surface area (Å²) >= 11 is 0. The van der Waals surface area contributed by atoms with Gasteiger partial charge in [-0.15, -0.1) is 0 Å². The Hall–Kier alpha value is -12.0. The van der Waals surface area contributed by atoms with Crippen LogP contribution in [0.5, 0.6) is 23.4 Å². The molecule has 17 heteroatoms. The molecule has 0 aliphatic carbocycles. The molecule has 432 valence electrons. The number of aromatic nitrogens is 9. The molecule has 9 aromatic heterocycles. The van der Waals surface area contributed by atoms with Crippen LogP contribution in [0.3, 0.4) is 0 Å². The number of rotatable bonds is 14. The largest absolute Gasteiger partial charge is 0.508 e. The van der Waals surface area contributed by atoms with E-state index in [1.807, 2.05) is 182 Å². The molecule has 0 radical (unpaired) electrons. The van der Waals surface area contributed by atoms with E-state index in [1.165, 1.54) is 0 Å². The molecular weight excluding hydrogens is 1100 g/mol. The van der Waals surface area contributed by atoms with Gasteiger partial charge in [-0.05, 0) is 71.8 Å². The van der Waals surface area contributed by atoms with Crippen LogP contribution in [0, 0.1) is 0 Å². The minimum absolute atomic E-state index is 0.0551. The van der Waals surface area contributed by atoms with Crippen LogP contribution in [0.25, 0.3) is 62.0 Å². The fraction of sp³-hybridized carbons (Fsp3) is 0.0704. The molecular formula is C71H56N10O7. The van der Waals surface area contributed by atoms with Crippen molar-refractivity contribution in [3.05, 3.63) is 301 Å². The Morgan fingerprint density at radius 3 is 1.15 bits per heavy atom. The lowest BCUT2D eigenvalue weighted by atomic mass is 10.1. The topological polar surface area (TPSA) is 237 Å². The van der Waals surface area contributed by atoms with Crippen molar-refractivity contribution < 1.29 is 33.7 Å². The molecule has 15 rings (SSSR count). The highest BCUT2D eigenvalue weighted by Gasteiger charge is 2.23. The first kappa shape index (κ1) is 55.2. The number of imidazole rings is 3. The van der Waals surface area contributed by atoms with Gasteiger partial charge in [0, 0.05) is 59.4 Å². The fourth-order valence-corrected chi connectivity index (χ4v) is 10.5. The monoisotopic (exact) mass is 1160 g/mol. The highest BCUT2D eigenvalue weighted by atomic mass is 16.3. The van der Waals surface area contributed by atoms with Gasteiger partial charge >= 0.3 is 0 Å². The molecule has 6 aromatic carbocycles. The number of nitrogens with zero attached hydrogens (tertiary/aromatic N) is 9. The van der Waals surface area contributed by atoms with Gasteiger partial charge in [0.15, 0.2) is 16.9 Å². The third-order valence-corrected chi connectivity index (χ3v) is 14.7. The summed E-state index contributed by atoms with van der Waals surface area (Å²) in [6, 6.07) is 65.4. The van der Waals surface area contributed by atoms with Crippen molar-refractivity contribution in [1.29, 1.82) is 0 Å². The highest BCUT2D eigenvalue weighted by Crippen LogP contribution is 2.34. The van der Waals surface area contributed by atoms with Gasteiger partial charge in [-0.1, -0.05) is 146 Å². The number of benzene rings is 6. The smallest absolute Gasteiger partial charge is 0.219 e. The Kier molecular flexibility index (Phi) is 15.5. The van der Waals surface area contributed by atoms with Gasteiger partial charge in [0.25, 0.3) is 0 Å². The molecule has 9 heterocycles. The van der Waals surface area contributed by atoms with Crippen molar-refractivity contribution in [2.45, 2.75) is 32.1 Å². The van der Waals surface area contributed by atoms with Gasteiger partial charge in [-0.3, -0.25) is 13.2 Å². The van der Waals surface area contributed by atoms with Crippen molar-refractivity contribution >= 4 is 22.6 Å². The Balaban J connectivity index is 0.000000122. The number of nitrogen functional groups attached to an aromatic ring is 1. The van der Waals surface area contributed by atoms with Gasteiger partial charge in [0.2, 0.25) is 17.6 Å². The summed E-state index contributed by atoms with van der Waals surface area (Å²) in [5, 5.41) is 42.5. The van der Waals surface area contributed by atoms with Crippen molar-refractivity contribution in [1.82, 2.24) is 43.1 Å². The van der Waals surface area contributed by atoms with Gasteiger partial charge in [0.05, 0.1) is 66.5 Å². The number of aromatic hydroxyl groups is 4. The number of phenols is 1. The second-order valence-electron chi connectivity index (χ2n) is 20.8. The second-order valence-corrected chi connectivity index (χ2v) is 20.8. The van der Waals surface area contributed by atoms with Crippen LogP contribution in [-0.4, -0.2) is 63.5 Å². The maximum Gasteiger partial charge on any atom is 0.219 e. The van der Waals surface area contributed by atoms with E-state index in [1.54, 1.807) is 62.6 Å². The third-order valence-electron chi connectivity index (χ3n) is 14.7. The van der Waals surface area contributed by atoms with Crippen LogP contribution in [0.2, 0.25) is 0 Å². The molecule has 17 nitrogen and oxygen atoms in total. The maximum absolute atomic E-state index is 10.9. The summed E-state index contributed by atoms with van der Waals surface area (Å²) in [5.41, 5.74) is 20.2. The molecule has 6 N–H and O–H groups in total. The van der Waals surface area contributed by atoms with E-state index in [4.69, 9.17) is 38.9 Å². The fourth-order valence-electron chi connectivity index (χ4n) is 10.5. The predicted octanol–water partition coefficient (Wildman–Crippen LogP) is 14.0. The summed E-state index contributed by atoms with van der Waals surface area (Å²) in [6.45, 7) is 0. The molecule has 0 aliphatic heterocycles. The first-order chi connectivity index (χ1) is 43.1. The number of phenolic OH excluding ortho intramolecular Hbond substituents is 1. The number of fused-ring (bicyclic) bond motifs is 3. The number of furan rings is 3. The normalized spacial score (nSPS) is 11.2. The zero-order chi connectivity index (χ0) is 59.9. The summed E-state index contributed by atoms with van der Waals surface area (Å²) in [6.07, 6.45) is 12.6. The molecule has 0 spiro atoms. The van der Waals surface area contributed by atoms with E-state index >= 15 is 0 Å². The van der Waals surface area contributed by atoms with Crippen LogP contribution in [0.1, 0.15) is 56.9 Å². The molecule has 0 saturated heterocycles. The van der Waals surface area contributed by atoms with Crippen molar-refractivity contribution in [3.8, 4) is 68.4 Å². The van der Waals surface area contributed by atoms with Gasteiger partial charge in [-0.2, -0.15) is 0 Å². The van der Waals surface area contributed by atoms with Crippen LogP contribution in [0.4, 0.5) is 5.69 Å². The standard InChI is InChI=1S/C24H20N4O2.C24H19N3O3.C23H17N3O2/c25-18-9-4-8-17(13-18)22-15-28-23(20(26-22)12-16-6-2-1-3-7-16)27-21(24(28)29)14-19-10-5-11-30-19;28-18-9-4-8-17(13-18)22-15-27-23(20(25-22)12-16-6-2-1-3-7-16)26-21(24(27)29)14-19-10-5-11-30-19;27-23-19(14-18-12-7-13-28-18)25-22-21(17-10-5-2-6-11-17)24-20(15-26(22)23)16-8-3-1-4-9-16/h1-11,13,15,29H,12,14,25H2;1-11,13,15,28-29H,12,14H2;1-13,15,27H,14H2. The van der Waals surface area contributed by atoms with E-state index in [2.05, 4.69) is 22.1 Å². The summed E-state index contributed by atoms with van der Waals surface area (Å²) in [5.74, 6) is 2.61. The molecule has 0 saturated carbocycles. The van der Waals surface area contributed by atoms with Crippen molar-refractivity contribution in [2.75, 3.05) is 5.73 Å². The Morgan fingerprint density at radius 1 is 0.330 bits per heavy atom.